The maximum Gasteiger partial charge on any atom is 0.243 e. The lowest BCUT2D eigenvalue weighted by Gasteiger charge is -2.27. The average molecular weight is 378 g/mol. The molecule has 0 amide bonds. The summed E-state index contributed by atoms with van der Waals surface area (Å²) < 4.78 is 40.2. The molecule has 2 unspecified atom stereocenters. The van der Waals surface area contributed by atoms with Crippen LogP contribution in [0.2, 0.25) is 0 Å². The number of benzene rings is 2. The highest BCUT2D eigenvalue weighted by atomic mass is 32.2. The first-order valence-electron chi connectivity index (χ1n) is 8.63. The van der Waals surface area contributed by atoms with Crippen molar-refractivity contribution in [2.45, 2.75) is 42.3 Å². The summed E-state index contributed by atoms with van der Waals surface area (Å²) in [7, 11) is -3.80. The van der Waals surface area contributed by atoms with Gasteiger partial charge in [-0.1, -0.05) is 30.3 Å². The van der Waals surface area contributed by atoms with E-state index in [1.165, 1.54) is 16.4 Å². The standard InChI is InChI=1S/C19H23FN2O3S/c20-15-6-10-17(11-7-15)26(24,25)22(16-8-9-16)13-19(23)18(21)12-14-4-2-1-3-5-14/h1-7,10-11,16,18-19,23H,8-9,12-13,21H2. The Kier molecular flexibility index (Phi) is 5.72. The number of sulfonamides is 1. The third kappa shape index (κ3) is 4.48. The quantitative estimate of drug-likeness (QED) is 0.735. The molecule has 1 fully saturated rings. The zero-order chi connectivity index (χ0) is 18.7. The molecule has 1 saturated carbocycles. The molecule has 26 heavy (non-hydrogen) atoms. The first-order chi connectivity index (χ1) is 12.4. The summed E-state index contributed by atoms with van der Waals surface area (Å²) in [5.74, 6) is -0.494. The Morgan fingerprint density at radius 2 is 1.73 bits per heavy atom. The SMILES string of the molecule is NC(Cc1ccccc1)C(O)CN(C1CC1)S(=O)(=O)c1ccc(F)cc1. The molecule has 0 spiro atoms. The Bertz CT molecular complexity index is 824. The summed E-state index contributed by atoms with van der Waals surface area (Å²) in [5, 5.41) is 10.5. The van der Waals surface area contributed by atoms with Crippen LogP contribution in [0.5, 0.6) is 0 Å². The van der Waals surface area contributed by atoms with E-state index in [0.29, 0.717) is 6.42 Å². The van der Waals surface area contributed by atoms with Gasteiger partial charge in [-0.05, 0) is 49.1 Å². The maximum atomic E-state index is 13.1. The Balaban J connectivity index is 1.73. The monoisotopic (exact) mass is 378 g/mol. The lowest BCUT2D eigenvalue weighted by molar-refractivity contribution is 0.117. The predicted molar refractivity (Wildman–Crippen MR) is 97.4 cm³/mol. The number of halogens is 1. The Labute approximate surface area is 153 Å². The second-order valence-electron chi connectivity index (χ2n) is 6.68. The van der Waals surface area contributed by atoms with Crippen molar-refractivity contribution in [3.63, 3.8) is 0 Å². The summed E-state index contributed by atoms with van der Waals surface area (Å²) in [6.07, 6.45) is 0.963. The van der Waals surface area contributed by atoms with Crippen LogP contribution in [0.15, 0.2) is 59.5 Å². The van der Waals surface area contributed by atoms with E-state index in [4.69, 9.17) is 5.73 Å². The average Bonchev–Trinajstić information content (AvgIpc) is 3.45. The van der Waals surface area contributed by atoms with E-state index in [9.17, 15) is 17.9 Å². The minimum absolute atomic E-state index is 0.0228. The summed E-state index contributed by atoms with van der Waals surface area (Å²) in [6, 6.07) is 13.5. The van der Waals surface area contributed by atoms with E-state index >= 15 is 0 Å². The Morgan fingerprint density at radius 3 is 2.31 bits per heavy atom. The van der Waals surface area contributed by atoms with Crippen LogP contribution < -0.4 is 5.73 Å². The van der Waals surface area contributed by atoms with Gasteiger partial charge in [0.2, 0.25) is 10.0 Å². The Morgan fingerprint density at radius 1 is 1.12 bits per heavy atom. The molecule has 7 heteroatoms. The maximum absolute atomic E-state index is 13.1. The number of nitrogens with two attached hydrogens (primary N) is 1. The van der Waals surface area contributed by atoms with Gasteiger partial charge in [-0.2, -0.15) is 4.31 Å². The van der Waals surface area contributed by atoms with Gasteiger partial charge in [-0.3, -0.25) is 0 Å². The molecular weight excluding hydrogens is 355 g/mol. The molecule has 3 N–H and O–H groups in total. The zero-order valence-electron chi connectivity index (χ0n) is 14.3. The predicted octanol–water partition coefficient (Wildman–Crippen LogP) is 1.91. The Hall–Kier alpha value is -1.80. The van der Waals surface area contributed by atoms with E-state index in [-0.39, 0.29) is 17.5 Å². The van der Waals surface area contributed by atoms with Gasteiger partial charge >= 0.3 is 0 Å². The van der Waals surface area contributed by atoms with Gasteiger partial charge in [0.15, 0.2) is 0 Å². The summed E-state index contributed by atoms with van der Waals surface area (Å²) in [6.45, 7) is -0.0711. The summed E-state index contributed by atoms with van der Waals surface area (Å²) in [5.41, 5.74) is 7.08. The number of aliphatic hydroxyl groups is 1. The number of rotatable bonds is 8. The fourth-order valence-corrected chi connectivity index (χ4v) is 4.59. The van der Waals surface area contributed by atoms with Crippen LogP contribution in [0.25, 0.3) is 0 Å². The van der Waals surface area contributed by atoms with Crippen molar-refractivity contribution < 1.29 is 17.9 Å². The van der Waals surface area contributed by atoms with Gasteiger partial charge in [-0.25, -0.2) is 12.8 Å². The topological polar surface area (TPSA) is 83.6 Å². The molecule has 140 valence electrons. The zero-order valence-corrected chi connectivity index (χ0v) is 15.1. The van der Waals surface area contributed by atoms with Crippen LogP contribution in [0.1, 0.15) is 18.4 Å². The molecule has 0 heterocycles. The van der Waals surface area contributed by atoms with Gasteiger partial charge in [-0.15, -0.1) is 0 Å². The molecule has 2 atom stereocenters. The minimum Gasteiger partial charge on any atom is -0.390 e. The molecule has 0 aromatic heterocycles. The van der Waals surface area contributed by atoms with Gasteiger partial charge in [0.1, 0.15) is 5.82 Å². The van der Waals surface area contributed by atoms with Crippen molar-refractivity contribution in [3.8, 4) is 0 Å². The molecule has 2 aromatic rings. The van der Waals surface area contributed by atoms with Gasteiger partial charge < -0.3 is 10.8 Å². The molecule has 3 rings (SSSR count). The third-order valence-electron chi connectivity index (χ3n) is 4.55. The number of hydrogen-bond acceptors (Lipinski definition) is 4. The highest BCUT2D eigenvalue weighted by Crippen LogP contribution is 2.32. The normalized spacial score (nSPS) is 17.2. The van der Waals surface area contributed by atoms with Crippen LogP contribution in [-0.4, -0.2) is 42.6 Å². The third-order valence-corrected chi connectivity index (χ3v) is 6.48. The molecule has 0 aliphatic heterocycles. The van der Waals surface area contributed by atoms with Crippen LogP contribution in [0, 0.1) is 5.82 Å². The van der Waals surface area contributed by atoms with E-state index in [1.807, 2.05) is 30.3 Å². The first kappa shape index (κ1) is 19.0. The molecular formula is C19H23FN2O3S. The van der Waals surface area contributed by atoms with Crippen LogP contribution in [-0.2, 0) is 16.4 Å². The number of nitrogens with zero attached hydrogens (tertiary/aromatic N) is 1. The smallest absolute Gasteiger partial charge is 0.243 e. The molecule has 2 aromatic carbocycles. The second kappa shape index (κ2) is 7.84. The van der Waals surface area contributed by atoms with E-state index in [1.54, 1.807) is 0 Å². The van der Waals surface area contributed by atoms with Crippen molar-refractivity contribution >= 4 is 10.0 Å². The summed E-state index contributed by atoms with van der Waals surface area (Å²) in [4.78, 5) is 0.0228. The summed E-state index contributed by atoms with van der Waals surface area (Å²) >= 11 is 0. The first-order valence-corrected chi connectivity index (χ1v) is 10.1. The highest BCUT2D eigenvalue weighted by Gasteiger charge is 2.39. The molecule has 0 bridgehead atoms. The van der Waals surface area contributed by atoms with Crippen LogP contribution in [0.3, 0.4) is 0 Å². The fraction of sp³-hybridized carbons (Fsp3) is 0.368. The lowest BCUT2D eigenvalue weighted by atomic mass is 10.0. The van der Waals surface area contributed by atoms with Gasteiger partial charge in [0.05, 0.1) is 11.0 Å². The minimum atomic E-state index is -3.80. The number of aliphatic hydroxyl groups excluding tert-OH is 1. The van der Waals surface area contributed by atoms with E-state index in [0.717, 1.165) is 30.5 Å². The molecule has 1 aliphatic carbocycles. The van der Waals surface area contributed by atoms with Crippen molar-refractivity contribution in [1.82, 2.24) is 4.31 Å². The molecule has 1 aliphatic rings. The van der Waals surface area contributed by atoms with Crippen molar-refractivity contribution in [3.05, 3.63) is 66.0 Å². The van der Waals surface area contributed by atoms with Crippen molar-refractivity contribution in [2.24, 2.45) is 5.73 Å². The second-order valence-corrected chi connectivity index (χ2v) is 8.57. The highest BCUT2D eigenvalue weighted by molar-refractivity contribution is 7.89. The lowest BCUT2D eigenvalue weighted by Crippen LogP contribution is -2.47. The molecule has 5 nitrogen and oxygen atoms in total. The van der Waals surface area contributed by atoms with E-state index < -0.39 is 28.0 Å². The number of hydrogen-bond donors (Lipinski definition) is 2. The fourth-order valence-electron chi connectivity index (χ4n) is 2.89. The van der Waals surface area contributed by atoms with Crippen LogP contribution >= 0.6 is 0 Å². The van der Waals surface area contributed by atoms with E-state index in [2.05, 4.69) is 0 Å². The van der Waals surface area contributed by atoms with Crippen molar-refractivity contribution in [1.29, 1.82) is 0 Å². The van der Waals surface area contributed by atoms with Crippen molar-refractivity contribution in [2.75, 3.05) is 6.54 Å². The van der Waals surface area contributed by atoms with Gasteiger partial charge in [0, 0.05) is 18.6 Å². The molecule has 0 radical (unpaired) electrons. The molecule has 0 saturated heterocycles. The largest absolute Gasteiger partial charge is 0.390 e. The van der Waals surface area contributed by atoms with Gasteiger partial charge in [0.25, 0.3) is 0 Å². The van der Waals surface area contributed by atoms with Crippen LogP contribution in [0.4, 0.5) is 4.39 Å².